The Morgan fingerprint density at radius 2 is 1.53 bits per heavy atom. The summed E-state index contributed by atoms with van der Waals surface area (Å²) in [6.45, 7) is 1.78. The minimum Gasteiger partial charge on any atom is -0.497 e. The van der Waals surface area contributed by atoms with Gasteiger partial charge in [-0.15, -0.1) is 11.3 Å². The molecule has 0 aliphatic heterocycles. The van der Waals surface area contributed by atoms with Gasteiger partial charge in [-0.3, -0.25) is 10.1 Å². The predicted octanol–water partition coefficient (Wildman–Crippen LogP) is 5.59. The number of ether oxygens (including phenoxy) is 2. The molecule has 3 heterocycles. The summed E-state index contributed by atoms with van der Waals surface area (Å²) in [7, 11) is 3.23. The van der Waals surface area contributed by atoms with E-state index < -0.39 is 0 Å². The van der Waals surface area contributed by atoms with Gasteiger partial charge >= 0.3 is 0 Å². The molecule has 0 radical (unpaired) electrons. The highest BCUT2D eigenvalue weighted by Crippen LogP contribution is 2.30. The minimum absolute atomic E-state index is 0.300. The second-order valence-corrected chi connectivity index (χ2v) is 8.31. The van der Waals surface area contributed by atoms with Gasteiger partial charge < -0.3 is 14.0 Å². The van der Waals surface area contributed by atoms with E-state index in [9.17, 15) is 4.79 Å². The number of benzene rings is 2. The maximum absolute atomic E-state index is 13.3. The van der Waals surface area contributed by atoms with Crippen molar-refractivity contribution < 1.29 is 18.8 Å². The highest BCUT2D eigenvalue weighted by atomic mass is 32.1. The maximum atomic E-state index is 13.3. The molecule has 0 saturated heterocycles. The number of thiazole rings is 1. The van der Waals surface area contributed by atoms with Gasteiger partial charge in [0.1, 0.15) is 11.5 Å². The quantitative estimate of drug-likeness (QED) is 0.344. The first-order valence-electron chi connectivity index (χ1n) is 10.4. The fraction of sp³-hybridized carbons (Fsp3) is 0.120. The molecule has 5 rings (SSSR count). The lowest BCUT2D eigenvalue weighted by Crippen LogP contribution is -2.13. The number of aryl methyl sites for hydroxylation is 1. The Labute approximate surface area is 199 Å². The summed E-state index contributed by atoms with van der Waals surface area (Å²) >= 11 is 1.35. The van der Waals surface area contributed by atoms with Crippen molar-refractivity contribution in [3.8, 4) is 34.0 Å². The Morgan fingerprint density at radius 3 is 2.15 bits per heavy atom. The largest absolute Gasteiger partial charge is 0.497 e. The number of nitrogens with one attached hydrogen (secondary N) is 1. The van der Waals surface area contributed by atoms with Gasteiger partial charge in [0.15, 0.2) is 5.13 Å². The first-order chi connectivity index (χ1) is 16.6. The molecule has 0 aliphatic carbocycles. The molecule has 0 unspecified atom stereocenters. The first-order valence-corrected chi connectivity index (χ1v) is 11.3. The van der Waals surface area contributed by atoms with E-state index in [1.807, 2.05) is 53.9 Å². The van der Waals surface area contributed by atoms with Gasteiger partial charge in [0.2, 0.25) is 0 Å². The van der Waals surface area contributed by atoms with Crippen LogP contribution in [0.15, 0.2) is 64.5 Å². The number of anilines is 1. The molecular formula is C25H20N4O4S. The number of hydrogen-bond acceptors (Lipinski definition) is 8. The average Bonchev–Trinajstić information content (AvgIpc) is 3.50. The second-order valence-electron chi connectivity index (χ2n) is 7.45. The molecule has 9 heteroatoms. The number of pyridine rings is 1. The summed E-state index contributed by atoms with van der Waals surface area (Å²) in [5.41, 5.74) is 4.41. The van der Waals surface area contributed by atoms with Crippen molar-refractivity contribution in [3.63, 3.8) is 0 Å². The van der Waals surface area contributed by atoms with Crippen molar-refractivity contribution in [2.75, 3.05) is 19.5 Å². The summed E-state index contributed by atoms with van der Waals surface area (Å²) in [5, 5.41) is 9.86. The molecule has 0 aliphatic rings. The van der Waals surface area contributed by atoms with E-state index in [1.54, 1.807) is 27.2 Å². The van der Waals surface area contributed by atoms with Gasteiger partial charge in [0.05, 0.1) is 42.3 Å². The van der Waals surface area contributed by atoms with E-state index >= 15 is 0 Å². The zero-order chi connectivity index (χ0) is 23.7. The van der Waals surface area contributed by atoms with E-state index in [1.165, 1.54) is 11.3 Å². The fourth-order valence-electron chi connectivity index (χ4n) is 3.57. The van der Waals surface area contributed by atoms with E-state index in [-0.39, 0.29) is 5.91 Å². The third-order valence-corrected chi connectivity index (χ3v) is 6.12. The number of hydrogen-bond donors (Lipinski definition) is 1. The van der Waals surface area contributed by atoms with Crippen LogP contribution in [0, 0.1) is 6.92 Å². The minimum atomic E-state index is -0.316. The SMILES string of the molecule is COc1ccc(-c2csc(NC(=O)c3cc(-c4ccc(OC)cc4)nc4onc(C)c34)n2)cc1. The third kappa shape index (κ3) is 4.08. The Balaban J connectivity index is 1.46. The summed E-state index contributed by atoms with van der Waals surface area (Å²) in [6, 6.07) is 16.8. The molecule has 0 saturated carbocycles. The number of carbonyl (C=O) groups is 1. The van der Waals surface area contributed by atoms with Crippen LogP contribution in [0.5, 0.6) is 11.5 Å². The van der Waals surface area contributed by atoms with Gasteiger partial charge in [0.25, 0.3) is 11.6 Å². The van der Waals surface area contributed by atoms with E-state index in [4.69, 9.17) is 14.0 Å². The predicted molar refractivity (Wildman–Crippen MR) is 131 cm³/mol. The van der Waals surface area contributed by atoms with Crippen LogP contribution in [0.1, 0.15) is 16.1 Å². The lowest BCUT2D eigenvalue weighted by atomic mass is 10.1. The Bertz CT molecular complexity index is 1470. The third-order valence-electron chi connectivity index (χ3n) is 5.36. The fourth-order valence-corrected chi connectivity index (χ4v) is 4.29. The van der Waals surface area contributed by atoms with Crippen LogP contribution in [-0.2, 0) is 0 Å². The molecule has 0 fully saturated rings. The van der Waals surface area contributed by atoms with E-state index in [0.29, 0.717) is 33.2 Å². The molecular weight excluding hydrogens is 452 g/mol. The van der Waals surface area contributed by atoms with Crippen molar-refractivity contribution in [1.82, 2.24) is 15.1 Å². The first kappa shape index (κ1) is 21.6. The molecule has 34 heavy (non-hydrogen) atoms. The van der Waals surface area contributed by atoms with Crippen molar-refractivity contribution in [2.45, 2.75) is 6.92 Å². The molecule has 8 nitrogen and oxygen atoms in total. The van der Waals surface area contributed by atoms with Gasteiger partial charge in [0, 0.05) is 16.5 Å². The zero-order valence-corrected chi connectivity index (χ0v) is 19.5. The molecule has 3 aromatic heterocycles. The van der Waals surface area contributed by atoms with Crippen LogP contribution in [0.3, 0.4) is 0 Å². The van der Waals surface area contributed by atoms with Crippen LogP contribution in [-0.4, -0.2) is 35.3 Å². The van der Waals surface area contributed by atoms with Crippen molar-refractivity contribution in [3.05, 3.63) is 71.2 Å². The number of methoxy groups -OCH3 is 2. The lowest BCUT2D eigenvalue weighted by Gasteiger charge is -2.07. The molecule has 2 aromatic carbocycles. The summed E-state index contributed by atoms with van der Waals surface area (Å²) in [6.07, 6.45) is 0. The van der Waals surface area contributed by atoms with Crippen molar-refractivity contribution >= 4 is 33.5 Å². The normalized spacial score (nSPS) is 10.9. The molecule has 1 N–H and O–H groups in total. The number of fused-ring (bicyclic) bond motifs is 1. The standard InChI is InChI=1S/C25H20N4O4S/c1-14-22-19(12-20(26-24(22)33-29-14)15-4-8-17(31-2)9-5-15)23(30)28-25-27-21(13-34-25)16-6-10-18(32-3)11-7-16/h4-13H,1-3H3,(H,27,28,30). The van der Waals surface area contributed by atoms with Gasteiger partial charge in [-0.05, 0) is 61.5 Å². The van der Waals surface area contributed by atoms with Crippen molar-refractivity contribution in [2.24, 2.45) is 0 Å². The molecule has 170 valence electrons. The highest BCUT2D eigenvalue weighted by Gasteiger charge is 2.20. The number of amides is 1. The van der Waals surface area contributed by atoms with Crippen LogP contribution in [0.25, 0.3) is 33.6 Å². The molecule has 0 bridgehead atoms. The number of aromatic nitrogens is 3. The molecule has 5 aromatic rings. The summed E-state index contributed by atoms with van der Waals surface area (Å²) < 4.78 is 15.8. The van der Waals surface area contributed by atoms with Crippen molar-refractivity contribution in [1.29, 1.82) is 0 Å². The van der Waals surface area contributed by atoms with E-state index in [2.05, 4.69) is 20.4 Å². The smallest absolute Gasteiger partial charge is 0.259 e. The Morgan fingerprint density at radius 1 is 0.912 bits per heavy atom. The van der Waals surface area contributed by atoms with Crippen LogP contribution < -0.4 is 14.8 Å². The van der Waals surface area contributed by atoms with Crippen LogP contribution >= 0.6 is 11.3 Å². The Hall–Kier alpha value is -4.24. The molecule has 0 spiro atoms. The van der Waals surface area contributed by atoms with Crippen LogP contribution in [0.2, 0.25) is 0 Å². The summed E-state index contributed by atoms with van der Waals surface area (Å²) in [4.78, 5) is 22.4. The summed E-state index contributed by atoms with van der Waals surface area (Å²) in [5.74, 6) is 1.18. The van der Waals surface area contributed by atoms with Crippen LogP contribution in [0.4, 0.5) is 5.13 Å². The number of rotatable bonds is 6. The number of carbonyl (C=O) groups excluding carboxylic acids is 1. The van der Waals surface area contributed by atoms with Gasteiger partial charge in [-0.1, -0.05) is 5.16 Å². The number of nitrogens with zero attached hydrogens (tertiary/aromatic N) is 3. The van der Waals surface area contributed by atoms with E-state index in [0.717, 1.165) is 28.3 Å². The lowest BCUT2D eigenvalue weighted by molar-refractivity contribution is 0.102. The topological polar surface area (TPSA) is 99.4 Å². The zero-order valence-electron chi connectivity index (χ0n) is 18.7. The average molecular weight is 473 g/mol. The Kier molecular flexibility index (Phi) is 5.69. The second kappa shape index (κ2) is 8.95. The van der Waals surface area contributed by atoms with Gasteiger partial charge in [-0.25, -0.2) is 9.97 Å². The molecule has 0 atom stereocenters. The highest BCUT2D eigenvalue weighted by molar-refractivity contribution is 7.14. The molecule has 1 amide bonds. The van der Waals surface area contributed by atoms with Gasteiger partial charge in [-0.2, -0.15) is 0 Å². The maximum Gasteiger partial charge on any atom is 0.259 e. The monoisotopic (exact) mass is 472 g/mol.